The number of hydrogen-bond acceptors (Lipinski definition) is 4. The van der Waals surface area contributed by atoms with Gasteiger partial charge in [0.15, 0.2) is 0 Å². The quantitative estimate of drug-likeness (QED) is 0.340. The summed E-state index contributed by atoms with van der Waals surface area (Å²) < 4.78 is 4.97. The maximum atomic E-state index is 12.3. The fourth-order valence-electron chi connectivity index (χ4n) is 2.10. The minimum absolute atomic E-state index is 0.0679. The van der Waals surface area contributed by atoms with E-state index < -0.39 is 17.5 Å². The van der Waals surface area contributed by atoms with Crippen LogP contribution < -0.4 is 0 Å². The first-order chi connectivity index (χ1) is 11.1. The molecule has 2 aromatic carbocycles. The summed E-state index contributed by atoms with van der Waals surface area (Å²) in [6, 6.07) is 17.2. The van der Waals surface area contributed by atoms with Crippen molar-refractivity contribution in [3.05, 3.63) is 71.8 Å². The highest BCUT2D eigenvalue weighted by atomic mass is 16.5. The summed E-state index contributed by atoms with van der Waals surface area (Å²) in [6.45, 7) is 0.128. The molecule has 0 aliphatic rings. The van der Waals surface area contributed by atoms with Crippen LogP contribution in [0.25, 0.3) is 0 Å². The van der Waals surface area contributed by atoms with Gasteiger partial charge in [-0.3, -0.25) is 14.4 Å². The maximum Gasteiger partial charge on any atom is 0.300 e. The van der Waals surface area contributed by atoms with Crippen molar-refractivity contribution in [2.75, 3.05) is 13.8 Å². The Bertz CT molecular complexity index is 683. The molecule has 0 fully saturated rings. The van der Waals surface area contributed by atoms with Crippen LogP contribution >= 0.6 is 0 Å². The van der Waals surface area contributed by atoms with Crippen molar-refractivity contribution in [1.82, 2.24) is 4.90 Å². The number of methoxy groups -OCH3 is 1. The van der Waals surface area contributed by atoms with Gasteiger partial charge in [0.05, 0.1) is 0 Å². The number of amides is 1. The van der Waals surface area contributed by atoms with Gasteiger partial charge >= 0.3 is 5.91 Å². The fourth-order valence-corrected chi connectivity index (χ4v) is 2.10. The summed E-state index contributed by atoms with van der Waals surface area (Å²) in [4.78, 5) is 37.8. The molecule has 0 saturated carbocycles. The van der Waals surface area contributed by atoms with Crippen LogP contribution in [0.5, 0.6) is 0 Å². The van der Waals surface area contributed by atoms with E-state index in [2.05, 4.69) is 0 Å². The molecule has 118 valence electrons. The minimum atomic E-state index is -1.07. The SMILES string of the molecule is COCN(Cc1ccccc1)C(=O)C(=O)C(=O)c1ccccc1. The van der Waals surface area contributed by atoms with Crippen molar-refractivity contribution >= 4 is 17.5 Å². The smallest absolute Gasteiger partial charge is 0.300 e. The average molecular weight is 311 g/mol. The Kier molecular flexibility index (Phi) is 5.77. The Morgan fingerprint density at radius 3 is 2.04 bits per heavy atom. The second-order valence-corrected chi connectivity index (χ2v) is 4.93. The zero-order valence-electron chi connectivity index (χ0n) is 12.8. The van der Waals surface area contributed by atoms with E-state index in [-0.39, 0.29) is 18.8 Å². The molecule has 5 nitrogen and oxygen atoms in total. The third-order valence-corrected chi connectivity index (χ3v) is 3.22. The third-order valence-electron chi connectivity index (χ3n) is 3.22. The van der Waals surface area contributed by atoms with Crippen LogP contribution in [0.4, 0.5) is 0 Å². The van der Waals surface area contributed by atoms with E-state index in [1.807, 2.05) is 30.3 Å². The first-order valence-corrected chi connectivity index (χ1v) is 7.09. The monoisotopic (exact) mass is 311 g/mol. The van der Waals surface area contributed by atoms with Crippen molar-refractivity contribution < 1.29 is 19.1 Å². The molecule has 0 saturated heterocycles. The number of nitrogens with zero attached hydrogens (tertiary/aromatic N) is 1. The van der Waals surface area contributed by atoms with Crippen molar-refractivity contribution in [2.24, 2.45) is 0 Å². The predicted molar refractivity (Wildman–Crippen MR) is 84.6 cm³/mol. The van der Waals surface area contributed by atoms with Gasteiger partial charge in [0.1, 0.15) is 6.73 Å². The van der Waals surface area contributed by atoms with E-state index in [1.165, 1.54) is 24.1 Å². The molecule has 0 aliphatic carbocycles. The molecule has 23 heavy (non-hydrogen) atoms. The molecular weight excluding hydrogens is 294 g/mol. The molecule has 0 unspecified atom stereocenters. The van der Waals surface area contributed by atoms with E-state index in [0.29, 0.717) is 0 Å². The van der Waals surface area contributed by atoms with Crippen LogP contribution in [-0.2, 0) is 20.9 Å². The highest BCUT2D eigenvalue weighted by molar-refractivity contribution is 6.66. The van der Waals surface area contributed by atoms with Crippen LogP contribution in [0.3, 0.4) is 0 Å². The number of ketones is 2. The Labute approximate surface area is 134 Å². The number of rotatable bonds is 7. The highest BCUT2D eigenvalue weighted by Crippen LogP contribution is 2.08. The zero-order valence-corrected chi connectivity index (χ0v) is 12.8. The molecule has 0 N–H and O–H groups in total. The van der Waals surface area contributed by atoms with Gasteiger partial charge in [-0.2, -0.15) is 0 Å². The van der Waals surface area contributed by atoms with Crippen LogP contribution in [0.1, 0.15) is 15.9 Å². The van der Waals surface area contributed by atoms with Crippen molar-refractivity contribution in [3.63, 3.8) is 0 Å². The van der Waals surface area contributed by atoms with E-state index in [9.17, 15) is 14.4 Å². The van der Waals surface area contributed by atoms with Gasteiger partial charge in [-0.25, -0.2) is 0 Å². The Hall–Kier alpha value is -2.79. The lowest BCUT2D eigenvalue weighted by Crippen LogP contribution is -2.40. The summed E-state index contributed by atoms with van der Waals surface area (Å²) in [5, 5.41) is 0. The first-order valence-electron chi connectivity index (χ1n) is 7.09. The second kappa shape index (κ2) is 8.00. The molecule has 2 rings (SSSR count). The van der Waals surface area contributed by atoms with E-state index in [1.54, 1.807) is 18.2 Å². The number of hydrogen-bond donors (Lipinski definition) is 0. The minimum Gasteiger partial charge on any atom is -0.364 e. The predicted octanol–water partition coefficient (Wildman–Crippen LogP) is 2.07. The molecule has 0 spiro atoms. The van der Waals surface area contributed by atoms with Crippen LogP contribution in [0.15, 0.2) is 60.7 Å². The van der Waals surface area contributed by atoms with Crippen molar-refractivity contribution in [3.8, 4) is 0 Å². The summed E-state index contributed by atoms with van der Waals surface area (Å²) in [5.41, 5.74) is 1.04. The fraction of sp³-hybridized carbons (Fsp3) is 0.167. The van der Waals surface area contributed by atoms with Gasteiger partial charge in [0.2, 0.25) is 5.78 Å². The van der Waals surface area contributed by atoms with E-state index >= 15 is 0 Å². The molecular formula is C18H17NO4. The third kappa shape index (κ3) is 4.34. The van der Waals surface area contributed by atoms with Crippen LogP contribution in [0, 0.1) is 0 Å². The summed E-state index contributed by atoms with van der Waals surface area (Å²) in [6.07, 6.45) is 0. The highest BCUT2D eigenvalue weighted by Gasteiger charge is 2.28. The van der Waals surface area contributed by atoms with Gasteiger partial charge in [0, 0.05) is 19.2 Å². The number of carbonyl (C=O) groups is 3. The lowest BCUT2D eigenvalue weighted by molar-refractivity contribution is -0.146. The Morgan fingerprint density at radius 1 is 0.913 bits per heavy atom. The Morgan fingerprint density at radius 2 is 1.48 bits per heavy atom. The lowest BCUT2D eigenvalue weighted by Gasteiger charge is -2.20. The standard InChI is InChI=1S/C18H17NO4/c1-23-13-19(12-14-8-4-2-5-9-14)18(22)17(21)16(20)15-10-6-3-7-11-15/h2-11H,12-13H2,1H3. The summed E-state index contributed by atoms with van der Waals surface area (Å²) >= 11 is 0. The topological polar surface area (TPSA) is 63.7 Å². The molecule has 2 aromatic rings. The molecule has 0 aromatic heterocycles. The molecule has 5 heteroatoms. The summed E-state index contributed by atoms with van der Waals surface area (Å²) in [5.74, 6) is -2.75. The molecule has 1 amide bonds. The molecule has 0 atom stereocenters. The Balaban J connectivity index is 2.14. The first kappa shape index (κ1) is 16.6. The number of carbonyl (C=O) groups excluding carboxylic acids is 3. The van der Waals surface area contributed by atoms with Crippen molar-refractivity contribution in [1.29, 1.82) is 0 Å². The van der Waals surface area contributed by atoms with Gasteiger partial charge < -0.3 is 9.64 Å². The zero-order chi connectivity index (χ0) is 16.7. The van der Waals surface area contributed by atoms with Gasteiger partial charge in [-0.1, -0.05) is 60.7 Å². The second-order valence-electron chi connectivity index (χ2n) is 4.93. The molecule has 0 radical (unpaired) electrons. The normalized spacial score (nSPS) is 10.1. The number of Topliss-reactive ketones (excluding diaryl/α,β-unsaturated/α-hetero) is 2. The molecule has 0 heterocycles. The van der Waals surface area contributed by atoms with Crippen LogP contribution in [-0.4, -0.2) is 36.2 Å². The van der Waals surface area contributed by atoms with E-state index in [0.717, 1.165) is 5.56 Å². The summed E-state index contributed by atoms with van der Waals surface area (Å²) in [7, 11) is 1.43. The van der Waals surface area contributed by atoms with Gasteiger partial charge in [-0.05, 0) is 5.56 Å². The number of ether oxygens (including phenoxy) is 1. The molecule has 0 aliphatic heterocycles. The van der Waals surface area contributed by atoms with Gasteiger partial charge in [0.25, 0.3) is 5.78 Å². The lowest BCUT2D eigenvalue weighted by atomic mass is 10.1. The van der Waals surface area contributed by atoms with Crippen LogP contribution in [0.2, 0.25) is 0 Å². The molecule has 0 bridgehead atoms. The largest absolute Gasteiger partial charge is 0.364 e. The van der Waals surface area contributed by atoms with Crippen molar-refractivity contribution in [2.45, 2.75) is 6.54 Å². The van der Waals surface area contributed by atoms with E-state index in [4.69, 9.17) is 4.74 Å². The number of benzene rings is 2. The van der Waals surface area contributed by atoms with Gasteiger partial charge in [-0.15, -0.1) is 0 Å². The maximum absolute atomic E-state index is 12.3. The average Bonchev–Trinajstić information content (AvgIpc) is 2.61.